The highest BCUT2D eigenvalue weighted by molar-refractivity contribution is 5.73. The van der Waals surface area contributed by atoms with E-state index in [1.54, 1.807) is 24.3 Å². The number of rotatable bonds is 11. The fraction of sp³-hybridized carbons (Fsp3) is 0.324. The fourth-order valence-corrected chi connectivity index (χ4v) is 5.79. The Bertz CT molecular complexity index is 1580. The highest BCUT2D eigenvalue weighted by Crippen LogP contribution is 2.42. The molecule has 8 heteroatoms. The van der Waals surface area contributed by atoms with Gasteiger partial charge in [0.15, 0.2) is 6.29 Å². The molecular weight excluding hydrogens is 568 g/mol. The van der Waals surface area contributed by atoms with Crippen molar-refractivity contribution in [3.05, 3.63) is 125 Å². The first-order chi connectivity index (χ1) is 21.7. The van der Waals surface area contributed by atoms with Crippen LogP contribution >= 0.6 is 0 Å². The first kappa shape index (κ1) is 32.3. The zero-order valence-electron chi connectivity index (χ0n) is 26.0. The van der Waals surface area contributed by atoms with E-state index in [0.717, 1.165) is 33.4 Å². The summed E-state index contributed by atoms with van der Waals surface area (Å²) in [5, 5.41) is 33.2. The van der Waals surface area contributed by atoms with E-state index in [-0.39, 0.29) is 36.4 Å². The average molecular weight is 611 g/mol. The molecule has 1 aliphatic heterocycles. The second-order valence-corrected chi connectivity index (χ2v) is 11.9. The third-order valence-electron chi connectivity index (χ3n) is 8.32. The van der Waals surface area contributed by atoms with Crippen LogP contribution in [0.2, 0.25) is 0 Å². The van der Waals surface area contributed by atoms with Crippen LogP contribution in [0, 0.1) is 5.92 Å². The summed E-state index contributed by atoms with van der Waals surface area (Å²) in [6.45, 7) is 4.97. The molecule has 0 radical (unpaired) electrons. The summed E-state index contributed by atoms with van der Waals surface area (Å²) in [6.07, 6.45) is -1.90. The Morgan fingerprint density at radius 3 is 2.31 bits per heavy atom. The number of phenolic OH excluding ortho intramolecular Hbond substituents is 1. The number of nitrogens with one attached hydrogen (secondary N) is 1. The van der Waals surface area contributed by atoms with E-state index in [2.05, 4.69) is 24.4 Å². The Hall–Kier alpha value is -4.05. The number of likely N-dealkylation sites (N-methyl/N-ethyl adjacent to an activating group) is 1. The SMILES string of the molecule is CC(=O)NCc1cccc(-c2cccc([C@@H]3O[C@H](CN(C)C[C@@H](O)c4cccc(O)c4)[C@H](C)[C@H](c4ccc(CO)cc4)O3)c2)c1. The van der Waals surface area contributed by atoms with Gasteiger partial charge in [-0.05, 0) is 64.7 Å². The van der Waals surface area contributed by atoms with Crippen molar-refractivity contribution < 1.29 is 29.6 Å². The first-order valence-corrected chi connectivity index (χ1v) is 15.3. The number of hydrogen-bond acceptors (Lipinski definition) is 7. The summed E-state index contributed by atoms with van der Waals surface area (Å²) in [5.41, 5.74) is 6.42. The molecule has 4 aromatic carbocycles. The lowest BCUT2D eigenvalue weighted by Crippen LogP contribution is -2.44. The van der Waals surface area contributed by atoms with Gasteiger partial charge >= 0.3 is 0 Å². The lowest BCUT2D eigenvalue weighted by Gasteiger charge is -2.42. The molecule has 0 aromatic heterocycles. The fourth-order valence-electron chi connectivity index (χ4n) is 5.79. The predicted molar refractivity (Wildman–Crippen MR) is 173 cm³/mol. The molecule has 0 bridgehead atoms. The topological polar surface area (TPSA) is 111 Å². The Balaban J connectivity index is 1.39. The van der Waals surface area contributed by atoms with E-state index < -0.39 is 12.4 Å². The highest BCUT2D eigenvalue weighted by atomic mass is 16.7. The molecule has 4 aromatic rings. The summed E-state index contributed by atoms with van der Waals surface area (Å²) in [7, 11) is 1.95. The van der Waals surface area contributed by atoms with E-state index >= 15 is 0 Å². The van der Waals surface area contributed by atoms with Crippen LogP contribution in [-0.2, 0) is 27.4 Å². The number of ether oxygens (including phenoxy) is 2. The van der Waals surface area contributed by atoms with Crippen molar-refractivity contribution in [2.45, 2.75) is 51.6 Å². The van der Waals surface area contributed by atoms with Crippen LogP contribution in [0.1, 0.15) is 60.2 Å². The van der Waals surface area contributed by atoms with E-state index in [1.807, 2.05) is 72.6 Å². The number of carbonyl (C=O) groups is 1. The van der Waals surface area contributed by atoms with Crippen molar-refractivity contribution >= 4 is 5.91 Å². The maximum atomic E-state index is 11.4. The number of aliphatic hydroxyl groups excluding tert-OH is 2. The van der Waals surface area contributed by atoms with Gasteiger partial charge in [0.1, 0.15) is 5.75 Å². The van der Waals surface area contributed by atoms with Crippen LogP contribution in [0.4, 0.5) is 0 Å². The molecular formula is C37H42N2O6. The molecule has 8 nitrogen and oxygen atoms in total. The molecule has 1 fully saturated rings. The van der Waals surface area contributed by atoms with Gasteiger partial charge in [-0.1, -0.05) is 79.7 Å². The van der Waals surface area contributed by atoms with E-state index in [1.165, 1.54) is 6.92 Å². The van der Waals surface area contributed by atoms with Crippen LogP contribution < -0.4 is 5.32 Å². The van der Waals surface area contributed by atoms with Crippen molar-refractivity contribution in [1.29, 1.82) is 0 Å². The van der Waals surface area contributed by atoms with Crippen LogP contribution in [0.3, 0.4) is 0 Å². The zero-order valence-corrected chi connectivity index (χ0v) is 26.0. The van der Waals surface area contributed by atoms with Crippen LogP contribution in [0.5, 0.6) is 5.75 Å². The van der Waals surface area contributed by atoms with Gasteiger partial charge in [0.25, 0.3) is 0 Å². The van der Waals surface area contributed by atoms with Crippen molar-refractivity contribution in [3.8, 4) is 16.9 Å². The Morgan fingerprint density at radius 2 is 1.60 bits per heavy atom. The monoisotopic (exact) mass is 610 g/mol. The third-order valence-corrected chi connectivity index (χ3v) is 8.32. The van der Waals surface area contributed by atoms with E-state index in [0.29, 0.717) is 25.2 Å². The van der Waals surface area contributed by atoms with Gasteiger partial charge in [0.05, 0.1) is 24.9 Å². The zero-order chi connectivity index (χ0) is 31.9. The Labute approximate surface area is 264 Å². The van der Waals surface area contributed by atoms with E-state index in [9.17, 15) is 20.1 Å². The minimum Gasteiger partial charge on any atom is -0.508 e. The summed E-state index contributed by atoms with van der Waals surface area (Å²) in [6, 6.07) is 30.7. The minimum absolute atomic E-state index is 0.0183. The lowest BCUT2D eigenvalue weighted by molar-refractivity contribution is -0.276. The minimum atomic E-state index is -0.770. The molecule has 5 atom stereocenters. The smallest absolute Gasteiger partial charge is 0.217 e. The van der Waals surface area contributed by atoms with Gasteiger partial charge in [-0.2, -0.15) is 0 Å². The number of amides is 1. The average Bonchev–Trinajstić information content (AvgIpc) is 3.05. The molecule has 0 aliphatic carbocycles. The maximum absolute atomic E-state index is 11.4. The number of aromatic hydroxyl groups is 1. The number of aliphatic hydroxyl groups is 2. The molecule has 0 saturated carbocycles. The molecule has 0 spiro atoms. The van der Waals surface area contributed by atoms with Gasteiger partial charge in [0.2, 0.25) is 5.91 Å². The van der Waals surface area contributed by atoms with Crippen LogP contribution in [0.25, 0.3) is 11.1 Å². The highest BCUT2D eigenvalue weighted by Gasteiger charge is 2.39. The predicted octanol–water partition coefficient (Wildman–Crippen LogP) is 5.64. The molecule has 1 heterocycles. The van der Waals surface area contributed by atoms with E-state index in [4.69, 9.17) is 9.47 Å². The normalized spacial score (nSPS) is 20.6. The van der Waals surface area contributed by atoms with Crippen molar-refractivity contribution in [1.82, 2.24) is 10.2 Å². The quantitative estimate of drug-likeness (QED) is 0.174. The Kier molecular flexibility index (Phi) is 10.7. The second kappa shape index (κ2) is 14.8. The van der Waals surface area contributed by atoms with Crippen LogP contribution in [0.15, 0.2) is 97.1 Å². The molecule has 1 amide bonds. The molecule has 236 valence electrons. The second-order valence-electron chi connectivity index (χ2n) is 11.9. The standard InChI is InChI=1S/C37H42N2O6/c1-24-35(22-39(3)21-34(43)31-10-6-12-33(42)19-31)44-37(45-36(24)28-15-13-26(23-40)14-16-28)32-11-5-9-30(18-32)29-8-4-7-27(17-29)20-38-25(2)41/h4-19,24,34-37,40,42-43H,20-23H2,1-3H3,(H,38,41)/t24-,34+,35+,36+,37+/m0/s1. The molecule has 1 saturated heterocycles. The Morgan fingerprint density at radius 1 is 0.889 bits per heavy atom. The number of hydrogen-bond donors (Lipinski definition) is 4. The van der Waals surface area contributed by atoms with Crippen molar-refractivity contribution in [3.63, 3.8) is 0 Å². The summed E-state index contributed by atoms with van der Waals surface area (Å²) < 4.78 is 13.3. The largest absolute Gasteiger partial charge is 0.508 e. The summed E-state index contributed by atoms with van der Waals surface area (Å²) in [4.78, 5) is 13.5. The van der Waals surface area contributed by atoms with Gasteiger partial charge in [-0.25, -0.2) is 0 Å². The number of nitrogens with zero attached hydrogens (tertiary/aromatic N) is 1. The first-order valence-electron chi connectivity index (χ1n) is 15.3. The van der Waals surface area contributed by atoms with Gasteiger partial charge in [-0.3, -0.25) is 4.79 Å². The maximum Gasteiger partial charge on any atom is 0.217 e. The number of phenols is 1. The van der Waals surface area contributed by atoms with Crippen molar-refractivity contribution in [2.24, 2.45) is 5.92 Å². The molecule has 45 heavy (non-hydrogen) atoms. The molecule has 5 rings (SSSR count). The molecule has 0 unspecified atom stereocenters. The van der Waals surface area contributed by atoms with Gasteiger partial charge in [0, 0.05) is 38.0 Å². The van der Waals surface area contributed by atoms with Crippen molar-refractivity contribution in [2.75, 3.05) is 20.1 Å². The summed E-state index contributed by atoms with van der Waals surface area (Å²) in [5.74, 6) is 0.0308. The number of carbonyl (C=O) groups excluding carboxylic acids is 1. The van der Waals surface area contributed by atoms with Gasteiger partial charge < -0.3 is 35.0 Å². The number of benzene rings is 4. The van der Waals surface area contributed by atoms with Crippen LogP contribution in [-0.4, -0.2) is 52.4 Å². The molecule has 1 aliphatic rings. The summed E-state index contributed by atoms with van der Waals surface area (Å²) >= 11 is 0. The lowest BCUT2D eigenvalue weighted by atomic mass is 9.89. The molecule has 4 N–H and O–H groups in total. The third kappa shape index (κ3) is 8.36. The van der Waals surface area contributed by atoms with Gasteiger partial charge in [-0.15, -0.1) is 0 Å².